The van der Waals surface area contributed by atoms with Crippen LogP contribution < -0.4 is 0 Å². The van der Waals surface area contributed by atoms with Gasteiger partial charge in [-0.1, -0.05) is 0 Å². The third kappa shape index (κ3) is 1.13. The minimum atomic E-state index is 0.803. The average molecular weight is 219 g/mol. The van der Waals surface area contributed by atoms with Crippen LogP contribution in [-0.4, -0.2) is 6.61 Å². The summed E-state index contributed by atoms with van der Waals surface area (Å²) in [7, 11) is 0. The number of ether oxygens (including phenoxy) is 1. The van der Waals surface area contributed by atoms with E-state index in [4.69, 9.17) is 4.74 Å². The molecule has 0 atom stereocenters. The normalized spacial score (nSPS) is 16.9. The Balaban J connectivity index is 2.41. The molecule has 1 aliphatic rings. The summed E-state index contributed by atoms with van der Waals surface area (Å²) in [4.78, 5) is 1.48. The van der Waals surface area contributed by atoms with Gasteiger partial charge in [-0.15, -0.1) is 11.3 Å². The van der Waals surface area contributed by atoms with Crippen LogP contribution in [0.1, 0.15) is 10.4 Å². The first-order chi connectivity index (χ1) is 4.86. The maximum atomic E-state index is 5.30. The van der Waals surface area contributed by atoms with Gasteiger partial charge in [0.15, 0.2) is 0 Å². The molecular formula is C7H7BrOS. The number of halogens is 1. The molecule has 0 spiro atoms. The zero-order valence-electron chi connectivity index (χ0n) is 5.39. The third-order valence-electron chi connectivity index (χ3n) is 1.60. The fourth-order valence-electron chi connectivity index (χ4n) is 1.11. The summed E-state index contributed by atoms with van der Waals surface area (Å²) >= 11 is 5.28. The summed E-state index contributed by atoms with van der Waals surface area (Å²) < 4.78 is 6.52. The van der Waals surface area contributed by atoms with E-state index in [0.717, 1.165) is 19.6 Å². The van der Waals surface area contributed by atoms with Gasteiger partial charge in [0, 0.05) is 11.3 Å². The van der Waals surface area contributed by atoms with Crippen molar-refractivity contribution >= 4 is 27.3 Å². The van der Waals surface area contributed by atoms with E-state index in [1.165, 1.54) is 14.2 Å². The fourth-order valence-corrected chi connectivity index (χ4v) is 2.84. The van der Waals surface area contributed by atoms with Crippen molar-refractivity contribution in [2.75, 3.05) is 6.61 Å². The van der Waals surface area contributed by atoms with Crippen LogP contribution in [0.2, 0.25) is 0 Å². The summed E-state index contributed by atoms with van der Waals surface area (Å²) in [5.41, 5.74) is 1.36. The van der Waals surface area contributed by atoms with Crippen molar-refractivity contribution < 1.29 is 4.74 Å². The van der Waals surface area contributed by atoms with Gasteiger partial charge in [0.1, 0.15) is 0 Å². The second-order valence-corrected chi connectivity index (χ2v) is 4.82. The zero-order chi connectivity index (χ0) is 6.97. The highest BCUT2D eigenvalue weighted by molar-refractivity contribution is 9.11. The average Bonchev–Trinajstić information content (AvgIpc) is 2.27. The molecule has 0 saturated carbocycles. The minimum absolute atomic E-state index is 0.803. The molecule has 3 heteroatoms. The van der Waals surface area contributed by atoms with Crippen LogP contribution >= 0.6 is 27.3 Å². The molecule has 0 radical (unpaired) electrons. The van der Waals surface area contributed by atoms with Gasteiger partial charge >= 0.3 is 0 Å². The highest BCUT2D eigenvalue weighted by Gasteiger charge is 2.11. The van der Waals surface area contributed by atoms with Crippen molar-refractivity contribution in [3.05, 3.63) is 20.3 Å². The molecule has 1 nitrogen and oxygen atoms in total. The first kappa shape index (κ1) is 6.83. The van der Waals surface area contributed by atoms with Crippen molar-refractivity contribution in [1.29, 1.82) is 0 Å². The quantitative estimate of drug-likeness (QED) is 0.651. The highest BCUT2D eigenvalue weighted by Crippen LogP contribution is 2.30. The summed E-state index contributed by atoms with van der Waals surface area (Å²) in [6.45, 7) is 1.69. The molecule has 54 valence electrons. The maximum Gasteiger partial charge on any atom is 0.0728 e. The second-order valence-electron chi connectivity index (χ2n) is 2.30. The number of hydrogen-bond donors (Lipinski definition) is 0. The summed E-state index contributed by atoms with van der Waals surface area (Å²) in [5.74, 6) is 0. The lowest BCUT2D eigenvalue weighted by Crippen LogP contribution is -2.05. The molecule has 2 rings (SSSR count). The van der Waals surface area contributed by atoms with Gasteiger partial charge in [0.2, 0.25) is 0 Å². The number of hydrogen-bond acceptors (Lipinski definition) is 2. The van der Waals surface area contributed by atoms with Gasteiger partial charge in [0.25, 0.3) is 0 Å². The van der Waals surface area contributed by atoms with Gasteiger partial charge in [-0.05, 0) is 27.6 Å². The Morgan fingerprint density at radius 2 is 2.50 bits per heavy atom. The molecule has 0 aliphatic carbocycles. The molecule has 0 bridgehead atoms. The third-order valence-corrected chi connectivity index (χ3v) is 3.34. The van der Waals surface area contributed by atoms with Crippen LogP contribution in [0.25, 0.3) is 0 Å². The number of thiophene rings is 1. The predicted molar refractivity (Wildman–Crippen MR) is 45.4 cm³/mol. The van der Waals surface area contributed by atoms with Crippen molar-refractivity contribution in [1.82, 2.24) is 0 Å². The molecule has 10 heavy (non-hydrogen) atoms. The van der Waals surface area contributed by atoms with Gasteiger partial charge in [-0.3, -0.25) is 0 Å². The largest absolute Gasteiger partial charge is 0.376 e. The summed E-state index contributed by atoms with van der Waals surface area (Å²) in [6, 6.07) is 2.15. The van der Waals surface area contributed by atoms with E-state index in [2.05, 4.69) is 22.0 Å². The maximum absolute atomic E-state index is 5.30. The SMILES string of the molecule is Brc1cc2c(s1)CCOC2. The molecule has 0 fully saturated rings. The smallest absolute Gasteiger partial charge is 0.0728 e. The molecule has 2 heterocycles. The van der Waals surface area contributed by atoms with Crippen LogP contribution in [0.4, 0.5) is 0 Å². The Morgan fingerprint density at radius 1 is 1.60 bits per heavy atom. The van der Waals surface area contributed by atoms with Crippen LogP contribution in [0.5, 0.6) is 0 Å². The Hall–Kier alpha value is 0.140. The molecule has 1 aliphatic heterocycles. The van der Waals surface area contributed by atoms with E-state index in [0.29, 0.717) is 0 Å². The van der Waals surface area contributed by atoms with E-state index in [-0.39, 0.29) is 0 Å². The molecule has 1 aromatic heterocycles. The van der Waals surface area contributed by atoms with E-state index in [1.807, 2.05) is 11.3 Å². The van der Waals surface area contributed by atoms with Crippen LogP contribution in [0.3, 0.4) is 0 Å². The Morgan fingerprint density at radius 3 is 3.30 bits per heavy atom. The first-order valence-electron chi connectivity index (χ1n) is 3.21. The summed E-state index contributed by atoms with van der Waals surface area (Å²) in [6.07, 6.45) is 1.09. The standard InChI is InChI=1S/C7H7BrOS/c8-7-3-5-4-9-2-1-6(5)10-7/h3H,1-2,4H2. The lowest BCUT2D eigenvalue weighted by molar-refractivity contribution is 0.112. The first-order valence-corrected chi connectivity index (χ1v) is 4.82. The Kier molecular flexibility index (Phi) is 1.80. The number of rotatable bonds is 0. The highest BCUT2D eigenvalue weighted by atomic mass is 79.9. The summed E-state index contributed by atoms with van der Waals surface area (Å²) in [5, 5.41) is 0. The van der Waals surface area contributed by atoms with Gasteiger partial charge in [0.05, 0.1) is 17.0 Å². The molecule has 0 amide bonds. The minimum Gasteiger partial charge on any atom is -0.376 e. The predicted octanol–water partition coefficient (Wildman–Crippen LogP) is 2.58. The molecule has 1 aromatic rings. The molecule has 0 N–H and O–H groups in total. The van der Waals surface area contributed by atoms with Crippen LogP contribution in [0, 0.1) is 0 Å². The van der Waals surface area contributed by atoms with Crippen LogP contribution in [-0.2, 0) is 17.8 Å². The molecular weight excluding hydrogens is 212 g/mol. The molecule has 0 saturated heterocycles. The van der Waals surface area contributed by atoms with Crippen LogP contribution in [0.15, 0.2) is 9.85 Å². The van der Waals surface area contributed by atoms with Crippen molar-refractivity contribution in [3.63, 3.8) is 0 Å². The van der Waals surface area contributed by atoms with Gasteiger partial charge < -0.3 is 4.74 Å². The zero-order valence-corrected chi connectivity index (χ0v) is 7.80. The van der Waals surface area contributed by atoms with Crippen molar-refractivity contribution in [2.45, 2.75) is 13.0 Å². The lowest BCUT2D eigenvalue weighted by atomic mass is 10.2. The molecule has 0 aromatic carbocycles. The van der Waals surface area contributed by atoms with Gasteiger partial charge in [-0.25, -0.2) is 0 Å². The van der Waals surface area contributed by atoms with Crippen molar-refractivity contribution in [3.8, 4) is 0 Å². The van der Waals surface area contributed by atoms with E-state index < -0.39 is 0 Å². The van der Waals surface area contributed by atoms with E-state index >= 15 is 0 Å². The van der Waals surface area contributed by atoms with Gasteiger partial charge in [-0.2, -0.15) is 0 Å². The number of fused-ring (bicyclic) bond motifs is 1. The van der Waals surface area contributed by atoms with E-state index in [9.17, 15) is 0 Å². The van der Waals surface area contributed by atoms with E-state index in [1.54, 1.807) is 0 Å². The second kappa shape index (κ2) is 2.64. The topological polar surface area (TPSA) is 9.23 Å². The van der Waals surface area contributed by atoms with Crippen molar-refractivity contribution in [2.24, 2.45) is 0 Å². The Bertz CT molecular complexity index is 220. The lowest BCUT2D eigenvalue weighted by Gasteiger charge is -2.10. The Labute approximate surface area is 72.1 Å². The fraction of sp³-hybridized carbons (Fsp3) is 0.429. The molecule has 0 unspecified atom stereocenters. The monoisotopic (exact) mass is 218 g/mol.